The van der Waals surface area contributed by atoms with E-state index < -0.39 is 8.07 Å². The maximum Gasteiger partial charge on any atom is 0.220 e. The summed E-state index contributed by atoms with van der Waals surface area (Å²) in [6.45, 7) is 0. The Bertz CT molecular complexity index is 2740. The minimum Gasteiger partial charge on any atom is -0.278 e. The molecule has 0 bridgehead atoms. The van der Waals surface area contributed by atoms with Crippen molar-refractivity contribution in [2.45, 2.75) is 0 Å². The Hall–Kier alpha value is -5.75. The molecule has 0 radical (unpaired) electrons. The van der Waals surface area contributed by atoms with Crippen molar-refractivity contribution in [1.29, 1.82) is 0 Å². The second-order valence-corrected chi connectivity index (χ2v) is 17.2. The maximum atomic E-state index is 5.14. The predicted octanol–water partition coefficient (Wildman–Crippen LogP) is 8.18. The van der Waals surface area contributed by atoms with E-state index in [9.17, 15) is 0 Å². The molecule has 3 nitrogen and oxygen atoms in total. The van der Waals surface area contributed by atoms with E-state index in [4.69, 9.17) is 4.98 Å². The highest BCUT2D eigenvalue weighted by Gasteiger charge is 2.43. The van der Waals surface area contributed by atoms with Crippen LogP contribution in [0.2, 0.25) is 0 Å². The quantitative estimate of drug-likeness (QED) is 0.137. The normalized spacial score (nSPS) is 12.2. The maximum absolute atomic E-state index is 5.14. The van der Waals surface area contributed by atoms with E-state index in [2.05, 4.69) is 185 Å². The van der Waals surface area contributed by atoms with Gasteiger partial charge in [0, 0.05) is 25.9 Å². The molecule has 10 aromatic rings. The second-order valence-electron chi connectivity index (χ2n) is 12.4. The number of benzene rings is 7. The van der Waals surface area contributed by atoms with Crippen LogP contribution in [0.4, 0.5) is 0 Å². The van der Waals surface area contributed by atoms with Crippen LogP contribution in [0.15, 0.2) is 176 Å². The van der Waals surface area contributed by atoms with E-state index in [0.29, 0.717) is 0 Å². The van der Waals surface area contributed by atoms with Crippen LogP contribution in [-0.2, 0) is 0 Å². The average molecular weight is 648 g/mol. The molecule has 0 unspecified atom stereocenters. The van der Waals surface area contributed by atoms with Gasteiger partial charge in [-0.2, -0.15) is 0 Å². The molecule has 5 heteroatoms. The average Bonchev–Trinajstić information content (AvgIpc) is 3.82. The fourth-order valence-electron chi connectivity index (χ4n) is 7.90. The molecule has 3 heterocycles. The lowest BCUT2D eigenvalue weighted by molar-refractivity contribution is 1.11. The molecule has 3 aromatic heterocycles. The molecule has 0 saturated carbocycles. The van der Waals surface area contributed by atoms with Crippen LogP contribution in [0.5, 0.6) is 0 Å². The van der Waals surface area contributed by atoms with Gasteiger partial charge in [0.05, 0.1) is 22.1 Å². The van der Waals surface area contributed by atoms with E-state index in [1.807, 2.05) is 11.3 Å². The molecule has 0 aliphatic carbocycles. The molecule has 0 saturated heterocycles. The van der Waals surface area contributed by atoms with Crippen LogP contribution in [0.25, 0.3) is 53.7 Å². The fourth-order valence-corrected chi connectivity index (χ4v) is 14.1. The van der Waals surface area contributed by atoms with Crippen molar-refractivity contribution in [3.63, 3.8) is 0 Å². The smallest absolute Gasteiger partial charge is 0.220 e. The minimum atomic E-state index is -2.81. The zero-order valence-corrected chi connectivity index (χ0v) is 27.8. The molecular formula is C43H29N3SSi. The predicted molar refractivity (Wildman–Crippen MR) is 206 cm³/mol. The van der Waals surface area contributed by atoms with E-state index in [-0.39, 0.29) is 0 Å². The van der Waals surface area contributed by atoms with Crippen molar-refractivity contribution >= 4 is 88.2 Å². The van der Waals surface area contributed by atoms with Crippen LogP contribution in [0, 0.1) is 0 Å². The van der Waals surface area contributed by atoms with E-state index in [0.717, 1.165) is 33.5 Å². The molecule has 0 aliphatic rings. The molecule has 48 heavy (non-hydrogen) atoms. The number of imidazole rings is 2. The minimum absolute atomic E-state index is 0.925. The summed E-state index contributed by atoms with van der Waals surface area (Å²) in [6, 6.07) is 64.7. The molecule has 7 aromatic carbocycles. The molecule has 226 valence electrons. The first-order valence-corrected chi connectivity index (χ1v) is 19.1. The molecule has 0 N–H and O–H groups in total. The van der Waals surface area contributed by atoms with Crippen molar-refractivity contribution in [1.82, 2.24) is 14.0 Å². The summed E-state index contributed by atoms with van der Waals surface area (Å²) >= 11 is 1.89. The number of rotatable bonds is 5. The Labute approximate surface area is 282 Å². The van der Waals surface area contributed by atoms with Gasteiger partial charge in [-0.1, -0.05) is 127 Å². The molecule has 0 amide bonds. The first kappa shape index (κ1) is 27.4. The van der Waals surface area contributed by atoms with Crippen molar-refractivity contribution in [2.24, 2.45) is 0 Å². The monoisotopic (exact) mass is 647 g/mol. The van der Waals surface area contributed by atoms with Gasteiger partial charge in [0.15, 0.2) is 8.07 Å². The zero-order chi connectivity index (χ0) is 31.7. The Kier molecular flexibility index (Phi) is 6.07. The largest absolute Gasteiger partial charge is 0.278 e. The standard InChI is InChI=1S/C43H29N3SSi/c1-3-14-31(15-4-1)48(32-16-5-2-6-17-32,41-25-13-24-40-42(41)34-18-7-12-23-39(34)47-40)33-28-26-30(27-29-33)45-37-21-10-11-22-38(37)46-36-20-9-8-19-35(36)44-43(45)46/h1-29H. The van der Waals surface area contributed by atoms with Crippen molar-refractivity contribution in [3.8, 4) is 5.69 Å². The zero-order valence-electron chi connectivity index (χ0n) is 26.0. The Balaban J connectivity index is 1.28. The van der Waals surface area contributed by atoms with E-state index in [1.165, 1.54) is 40.9 Å². The highest BCUT2D eigenvalue weighted by atomic mass is 32.1. The van der Waals surface area contributed by atoms with Crippen LogP contribution in [0.3, 0.4) is 0 Å². The number of hydrogen-bond donors (Lipinski definition) is 0. The van der Waals surface area contributed by atoms with Crippen LogP contribution in [-0.4, -0.2) is 22.0 Å². The first-order chi connectivity index (χ1) is 23.8. The second kappa shape index (κ2) is 10.6. The summed E-state index contributed by atoms with van der Waals surface area (Å²) in [5, 5.41) is 8.24. The summed E-state index contributed by atoms with van der Waals surface area (Å²) in [5.74, 6) is 0.925. The summed E-state index contributed by atoms with van der Waals surface area (Å²) in [5.41, 5.74) is 5.51. The Morgan fingerprint density at radius 1 is 0.458 bits per heavy atom. The first-order valence-electron chi connectivity index (χ1n) is 16.3. The number of hydrogen-bond acceptors (Lipinski definition) is 2. The van der Waals surface area contributed by atoms with Crippen LogP contribution in [0.1, 0.15) is 0 Å². The number of fused-ring (bicyclic) bond motifs is 8. The lowest BCUT2D eigenvalue weighted by atomic mass is 10.1. The summed E-state index contributed by atoms with van der Waals surface area (Å²) in [7, 11) is -2.81. The van der Waals surface area contributed by atoms with Crippen LogP contribution >= 0.6 is 11.3 Å². The van der Waals surface area contributed by atoms with Gasteiger partial charge >= 0.3 is 0 Å². The van der Waals surface area contributed by atoms with Gasteiger partial charge in [-0.25, -0.2) is 4.98 Å². The third-order valence-electron chi connectivity index (χ3n) is 9.89. The summed E-state index contributed by atoms with van der Waals surface area (Å²) in [6.07, 6.45) is 0. The van der Waals surface area contributed by atoms with Crippen molar-refractivity contribution in [3.05, 3.63) is 176 Å². The number of para-hydroxylation sites is 4. The van der Waals surface area contributed by atoms with Gasteiger partial charge in [-0.3, -0.25) is 8.97 Å². The summed E-state index contributed by atoms with van der Waals surface area (Å²) < 4.78 is 7.26. The lowest BCUT2D eigenvalue weighted by Crippen LogP contribution is -2.74. The van der Waals surface area contributed by atoms with Crippen molar-refractivity contribution < 1.29 is 0 Å². The molecule has 0 spiro atoms. The van der Waals surface area contributed by atoms with Gasteiger partial charge in [0.2, 0.25) is 5.78 Å². The molecule has 10 rings (SSSR count). The Morgan fingerprint density at radius 2 is 1.04 bits per heavy atom. The van der Waals surface area contributed by atoms with Gasteiger partial charge < -0.3 is 0 Å². The van der Waals surface area contributed by atoms with Crippen LogP contribution < -0.4 is 20.7 Å². The third kappa shape index (κ3) is 3.83. The van der Waals surface area contributed by atoms with Gasteiger partial charge in [-0.15, -0.1) is 11.3 Å². The molecule has 0 aliphatic heterocycles. The third-order valence-corrected chi connectivity index (χ3v) is 15.8. The number of nitrogens with zero attached hydrogens (tertiary/aromatic N) is 3. The van der Waals surface area contributed by atoms with E-state index in [1.54, 1.807) is 0 Å². The molecule has 0 atom stereocenters. The van der Waals surface area contributed by atoms with Gasteiger partial charge in [0.25, 0.3) is 0 Å². The van der Waals surface area contributed by atoms with E-state index >= 15 is 0 Å². The SMILES string of the molecule is c1ccc([Si](c2ccccc2)(c2ccc(-n3c4ccccc4n4c5ccccc5nc34)cc2)c2cccc3sc4ccccc4c23)cc1. The topological polar surface area (TPSA) is 22.2 Å². The fraction of sp³-hybridized carbons (Fsp3) is 0. The van der Waals surface area contributed by atoms with Crippen molar-refractivity contribution in [2.75, 3.05) is 0 Å². The number of aromatic nitrogens is 3. The lowest BCUT2D eigenvalue weighted by Gasteiger charge is -2.35. The highest BCUT2D eigenvalue weighted by molar-refractivity contribution is 7.27. The Morgan fingerprint density at radius 3 is 1.79 bits per heavy atom. The van der Waals surface area contributed by atoms with Gasteiger partial charge in [0.1, 0.15) is 0 Å². The number of thiophene rings is 1. The van der Waals surface area contributed by atoms with Gasteiger partial charge in [-0.05, 0) is 69.3 Å². The molecular weight excluding hydrogens is 619 g/mol. The summed E-state index contributed by atoms with van der Waals surface area (Å²) in [4.78, 5) is 5.14. The highest BCUT2D eigenvalue weighted by Crippen LogP contribution is 2.34. The molecule has 0 fully saturated rings.